The van der Waals surface area contributed by atoms with Gasteiger partial charge < -0.3 is 10.6 Å². The van der Waals surface area contributed by atoms with Crippen LogP contribution in [0.3, 0.4) is 0 Å². The summed E-state index contributed by atoms with van der Waals surface area (Å²) in [4.78, 5) is 24.6. The van der Waals surface area contributed by atoms with Gasteiger partial charge in [0.2, 0.25) is 15.9 Å². The SMILES string of the molecule is CCN(CC)S(=O)(=O)c1cc(C(=O)N(C)c2ccc(C(N)=O)cc2)ccc1F. The molecule has 0 bridgehead atoms. The quantitative estimate of drug-likeness (QED) is 0.760. The number of carbonyl (C=O) groups is 2. The summed E-state index contributed by atoms with van der Waals surface area (Å²) >= 11 is 0. The molecule has 0 saturated carbocycles. The molecule has 2 N–H and O–H groups in total. The van der Waals surface area contributed by atoms with E-state index in [0.29, 0.717) is 11.3 Å². The molecule has 0 radical (unpaired) electrons. The largest absolute Gasteiger partial charge is 0.366 e. The predicted octanol–water partition coefficient (Wildman–Crippen LogP) is 2.23. The average Bonchev–Trinajstić information content (AvgIpc) is 2.67. The van der Waals surface area contributed by atoms with Crippen LogP contribution in [0.4, 0.5) is 10.1 Å². The number of nitrogens with two attached hydrogens (primary N) is 1. The number of sulfonamides is 1. The van der Waals surface area contributed by atoms with E-state index in [0.717, 1.165) is 16.4 Å². The van der Waals surface area contributed by atoms with Gasteiger partial charge in [-0.2, -0.15) is 4.31 Å². The van der Waals surface area contributed by atoms with Crippen LogP contribution in [0.5, 0.6) is 0 Å². The maximum atomic E-state index is 14.2. The third-order valence-electron chi connectivity index (χ3n) is 4.35. The second-order valence-electron chi connectivity index (χ2n) is 6.01. The number of amides is 2. The molecule has 2 amide bonds. The summed E-state index contributed by atoms with van der Waals surface area (Å²) in [7, 11) is -2.57. The fraction of sp³-hybridized carbons (Fsp3) is 0.263. The average molecular weight is 407 g/mol. The molecule has 0 fully saturated rings. The minimum absolute atomic E-state index is 0.0219. The van der Waals surface area contributed by atoms with Crippen molar-refractivity contribution < 1.29 is 22.4 Å². The van der Waals surface area contributed by atoms with Crippen molar-refractivity contribution in [2.45, 2.75) is 18.7 Å². The molecule has 0 atom stereocenters. The molecule has 0 saturated heterocycles. The van der Waals surface area contributed by atoms with Crippen molar-refractivity contribution in [3.05, 3.63) is 59.4 Å². The maximum Gasteiger partial charge on any atom is 0.258 e. The predicted molar refractivity (Wildman–Crippen MR) is 104 cm³/mol. The fourth-order valence-corrected chi connectivity index (χ4v) is 4.25. The lowest BCUT2D eigenvalue weighted by Gasteiger charge is -2.21. The Bertz CT molecular complexity index is 987. The molecular weight excluding hydrogens is 385 g/mol. The smallest absolute Gasteiger partial charge is 0.258 e. The zero-order valence-electron chi connectivity index (χ0n) is 15.8. The zero-order valence-corrected chi connectivity index (χ0v) is 16.7. The highest BCUT2D eigenvalue weighted by Crippen LogP contribution is 2.23. The van der Waals surface area contributed by atoms with Crippen molar-refractivity contribution in [2.24, 2.45) is 5.73 Å². The monoisotopic (exact) mass is 407 g/mol. The first-order chi connectivity index (χ1) is 13.1. The number of nitrogens with zero attached hydrogens (tertiary/aromatic N) is 2. The number of carbonyl (C=O) groups excluding carboxylic acids is 2. The summed E-state index contributed by atoms with van der Waals surface area (Å²) in [6, 6.07) is 9.26. The number of hydrogen-bond donors (Lipinski definition) is 1. The summed E-state index contributed by atoms with van der Waals surface area (Å²) in [6.07, 6.45) is 0. The topological polar surface area (TPSA) is 101 Å². The number of benzene rings is 2. The Labute approximate surface area is 163 Å². The number of rotatable bonds is 7. The van der Waals surface area contributed by atoms with Crippen molar-refractivity contribution in [1.29, 1.82) is 0 Å². The van der Waals surface area contributed by atoms with Gasteiger partial charge in [-0.15, -0.1) is 0 Å². The molecule has 2 aromatic carbocycles. The molecule has 2 rings (SSSR count). The molecular formula is C19H22FN3O4S. The summed E-state index contributed by atoms with van der Waals surface area (Å²) < 4.78 is 40.6. The van der Waals surface area contributed by atoms with Gasteiger partial charge in [0.25, 0.3) is 5.91 Å². The molecule has 2 aromatic rings. The van der Waals surface area contributed by atoms with Crippen LogP contribution >= 0.6 is 0 Å². The molecule has 0 aliphatic carbocycles. The Morgan fingerprint density at radius 1 is 1.00 bits per heavy atom. The van der Waals surface area contributed by atoms with Gasteiger partial charge in [0.15, 0.2) is 0 Å². The second kappa shape index (κ2) is 8.49. The minimum Gasteiger partial charge on any atom is -0.366 e. The molecule has 0 aromatic heterocycles. The standard InChI is InChI=1S/C19H22FN3O4S/c1-4-23(5-2)28(26,27)17-12-14(8-11-16(17)20)19(25)22(3)15-9-6-13(7-10-15)18(21)24/h6-12H,4-5H2,1-3H3,(H2,21,24). The lowest BCUT2D eigenvalue weighted by Crippen LogP contribution is -2.32. The fourth-order valence-electron chi connectivity index (χ4n) is 2.70. The Morgan fingerprint density at radius 3 is 2.04 bits per heavy atom. The van der Waals surface area contributed by atoms with Gasteiger partial charge in [0, 0.05) is 37.0 Å². The summed E-state index contributed by atoms with van der Waals surface area (Å²) in [5.41, 5.74) is 5.97. The van der Waals surface area contributed by atoms with Gasteiger partial charge in [0.05, 0.1) is 0 Å². The van der Waals surface area contributed by atoms with Gasteiger partial charge in [-0.05, 0) is 42.5 Å². The molecule has 0 spiro atoms. The normalized spacial score (nSPS) is 11.5. The molecule has 150 valence electrons. The number of anilines is 1. The lowest BCUT2D eigenvalue weighted by molar-refractivity contribution is 0.0989. The van der Waals surface area contributed by atoms with Crippen LogP contribution in [0.2, 0.25) is 0 Å². The Morgan fingerprint density at radius 2 is 1.54 bits per heavy atom. The molecule has 7 nitrogen and oxygen atoms in total. The van der Waals surface area contributed by atoms with Crippen LogP contribution < -0.4 is 10.6 Å². The number of hydrogen-bond acceptors (Lipinski definition) is 4. The van der Waals surface area contributed by atoms with E-state index in [4.69, 9.17) is 5.73 Å². The van der Waals surface area contributed by atoms with Crippen LogP contribution in [-0.4, -0.2) is 44.7 Å². The first-order valence-electron chi connectivity index (χ1n) is 8.61. The van der Waals surface area contributed by atoms with E-state index in [9.17, 15) is 22.4 Å². The van der Waals surface area contributed by atoms with Crippen molar-refractivity contribution in [3.63, 3.8) is 0 Å². The van der Waals surface area contributed by atoms with Gasteiger partial charge in [-0.3, -0.25) is 9.59 Å². The van der Waals surface area contributed by atoms with E-state index in [1.165, 1.54) is 42.3 Å². The van der Waals surface area contributed by atoms with E-state index in [2.05, 4.69) is 0 Å². The zero-order chi connectivity index (χ0) is 21.1. The van der Waals surface area contributed by atoms with Crippen LogP contribution in [0, 0.1) is 5.82 Å². The highest BCUT2D eigenvalue weighted by molar-refractivity contribution is 7.89. The van der Waals surface area contributed by atoms with E-state index in [1.54, 1.807) is 13.8 Å². The van der Waals surface area contributed by atoms with Gasteiger partial charge >= 0.3 is 0 Å². The maximum absolute atomic E-state index is 14.2. The van der Waals surface area contributed by atoms with E-state index in [-0.39, 0.29) is 18.7 Å². The van der Waals surface area contributed by atoms with Gasteiger partial charge in [-0.25, -0.2) is 12.8 Å². The first kappa shape index (κ1) is 21.5. The second-order valence-corrected chi connectivity index (χ2v) is 7.92. The first-order valence-corrected chi connectivity index (χ1v) is 10.0. The van der Waals surface area contributed by atoms with E-state index in [1.807, 2.05) is 0 Å². The van der Waals surface area contributed by atoms with Crippen molar-refractivity contribution >= 4 is 27.5 Å². The lowest BCUT2D eigenvalue weighted by atomic mass is 10.1. The van der Waals surface area contributed by atoms with Crippen molar-refractivity contribution in [3.8, 4) is 0 Å². The van der Waals surface area contributed by atoms with Crippen LogP contribution in [0.1, 0.15) is 34.6 Å². The highest BCUT2D eigenvalue weighted by atomic mass is 32.2. The number of primary amides is 1. The molecule has 0 aliphatic heterocycles. The minimum atomic E-state index is -4.06. The molecule has 0 unspecified atom stereocenters. The Hall–Kier alpha value is -2.78. The van der Waals surface area contributed by atoms with Crippen LogP contribution in [0.15, 0.2) is 47.4 Å². The Kier molecular flexibility index (Phi) is 6.52. The summed E-state index contributed by atoms with van der Waals surface area (Å²) in [6.45, 7) is 3.67. The highest BCUT2D eigenvalue weighted by Gasteiger charge is 2.27. The Balaban J connectivity index is 2.40. The molecule has 28 heavy (non-hydrogen) atoms. The van der Waals surface area contributed by atoms with Gasteiger partial charge in [0.1, 0.15) is 10.7 Å². The van der Waals surface area contributed by atoms with E-state index < -0.39 is 32.6 Å². The van der Waals surface area contributed by atoms with Gasteiger partial charge in [-0.1, -0.05) is 13.8 Å². The summed E-state index contributed by atoms with van der Waals surface area (Å²) in [5.74, 6) is -2.04. The van der Waals surface area contributed by atoms with E-state index >= 15 is 0 Å². The molecule has 0 heterocycles. The van der Waals surface area contributed by atoms with Crippen molar-refractivity contribution in [1.82, 2.24) is 4.31 Å². The summed E-state index contributed by atoms with van der Waals surface area (Å²) in [5, 5.41) is 0. The molecule has 9 heteroatoms. The number of halogens is 1. The van der Waals surface area contributed by atoms with Crippen LogP contribution in [0.25, 0.3) is 0 Å². The third kappa shape index (κ3) is 4.20. The van der Waals surface area contributed by atoms with Crippen molar-refractivity contribution in [2.75, 3.05) is 25.0 Å². The molecule has 0 aliphatic rings. The van der Waals surface area contributed by atoms with Crippen LogP contribution in [-0.2, 0) is 10.0 Å². The third-order valence-corrected chi connectivity index (χ3v) is 6.41.